The van der Waals surface area contributed by atoms with E-state index in [-0.39, 0.29) is 18.6 Å². The SMILES string of the molecule is Cc1cc(C)cc(NC(=S)N2CCC(C(=O)Nc3ccc4c(c3)OCO4)CC2)c1. The minimum absolute atomic E-state index is 0.0271. The fourth-order valence-electron chi connectivity index (χ4n) is 3.81. The standard InChI is InChI=1S/C22H25N3O3S/c1-14-9-15(2)11-18(10-14)24-22(29)25-7-5-16(6-8-25)21(26)23-17-3-4-19-20(12-17)28-13-27-19/h3-4,9-12,16H,5-8,13H2,1-2H3,(H,23,26)(H,24,29). The molecule has 1 amide bonds. The fourth-order valence-corrected chi connectivity index (χ4v) is 4.11. The number of benzene rings is 2. The molecule has 2 aliphatic heterocycles. The molecule has 0 spiro atoms. The maximum atomic E-state index is 12.7. The third-order valence-corrected chi connectivity index (χ3v) is 5.63. The Hall–Kier alpha value is -2.80. The van der Waals surface area contributed by atoms with Gasteiger partial charge in [-0.3, -0.25) is 4.79 Å². The van der Waals surface area contributed by atoms with Crippen molar-refractivity contribution < 1.29 is 14.3 Å². The lowest BCUT2D eigenvalue weighted by Gasteiger charge is -2.33. The second-order valence-electron chi connectivity index (χ2n) is 7.63. The van der Waals surface area contributed by atoms with Crippen molar-refractivity contribution in [3.05, 3.63) is 47.5 Å². The number of amides is 1. The van der Waals surface area contributed by atoms with Crippen molar-refractivity contribution in [1.82, 2.24) is 4.90 Å². The van der Waals surface area contributed by atoms with Gasteiger partial charge in [-0.1, -0.05) is 6.07 Å². The van der Waals surface area contributed by atoms with Gasteiger partial charge in [-0.05, 0) is 74.3 Å². The molecule has 6 nitrogen and oxygen atoms in total. The number of ether oxygens (including phenoxy) is 2. The second kappa shape index (κ2) is 8.29. The van der Waals surface area contributed by atoms with Crippen LogP contribution in [0.1, 0.15) is 24.0 Å². The molecule has 2 N–H and O–H groups in total. The Bertz CT molecular complexity index is 919. The van der Waals surface area contributed by atoms with Gasteiger partial charge in [0.05, 0.1) is 0 Å². The third kappa shape index (κ3) is 4.62. The summed E-state index contributed by atoms with van der Waals surface area (Å²) >= 11 is 5.59. The summed E-state index contributed by atoms with van der Waals surface area (Å²) in [6.45, 7) is 5.89. The molecule has 152 valence electrons. The van der Waals surface area contributed by atoms with Crippen LogP contribution in [0.15, 0.2) is 36.4 Å². The van der Waals surface area contributed by atoms with Crippen LogP contribution in [0.2, 0.25) is 0 Å². The van der Waals surface area contributed by atoms with E-state index in [0.29, 0.717) is 16.6 Å². The second-order valence-corrected chi connectivity index (χ2v) is 8.01. The number of nitrogens with zero attached hydrogens (tertiary/aromatic N) is 1. The van der Waals surface area contributed by atoms with Crippen molar-refractivity contribution in [3.8, 4) is 11.5 Å². The summed E-state index contributed by atoms with van der Waals surface area (Å²) in [4.78, 5) is 14.8. The number of carbonyl (C=O) groups is 1. The van der Waals surface area contributed by atoms with E-state index in [4.69, 9.17) is 21.7 Å². The third-order valence-electron chi connectivity index (χ3n) is 5.27. The number of anilines is 2. The van der Waals surface area contributed by atoms with E-state index in [1.54, 1.807) is 6.07 Å². The highest BCUT2D eigenvalue weighted by Crippen LogP contribution is 2.34. The first-order chi connectivity index (χ1) is 14.0. The monoisotopic (exact) mass is 411 g/mol. The van der Waals surface area contributed by atoms with Crippen molar-refractivity contribution in [2.75, 3.05) is 30.5 Å². The first-order valence-corrected chi connectivity index (χ1v) is 10.2. The molecule has 0 aromatic heterocycles. The van der Waals surface area contributed by atoms with Crippen LogP contribution in [0, 0.1) is 19.8 Å². The van der Waals surface area contributed by atoms with Gasteiger partial charge in [0.15, 0.2) is 16.6 Å². The topological polar surface area (TPSA) is 62.8 Å². The molecule has 0 radical (unpaired) electrons. The summed E-state index contributed by atoms with van der Waals surface area (Å²) in [6, 6.07) is 11.8. The largest absolute Gasteiger partial charge is 0.454 e. The fraction of sp³-hybridized carbons (Fsp3) is 0.364. The van der Waals surface area contributed by atoms with E-state index >= 15 is 0 Å². The molecule has 0 aliphatic carbocycles. The van der Waals surface area contributed by atoms with E-state index in [0.717, 1.165) is 37.3 Å². The number of hydrogen-bond donors (Lipinski definition) is 2. The number of hydrogen-bond acceptors (Lipinski definition) is 4. The quantitative estimate of drug-likeness (QED) is 0.742. The highest BCUT2D eigenvalue weighted by Gasteiger charge is 2.26. The van der Waals surface area contributed by atoms with E-state index in [1.165, 1.54) is 11.1 Å². The van der Waals surface area contributed by atoms with Crippen LogP contribution in [0.3, 0.4) is 0 Å². The molecule has 1 saturated heterocycles. The summed E-state index contributed by atoms with van der Waals surface area (Å²) in [6.07, 6.45) is 1.54. The molecular weight excluding hydrogens is 386 g/mol. The highest BCUT2D eigenvalue weighted by molar-refractivity contribution is 7.80. The lowest BCUT2D eigenvalue weighted by molar-refractivity contribution is -0.120. The molecule has 7 heteroatoms. The lowest BCUT2D eigenvalue weighted by Crippen LogP contribution is -2.43. The number of piperidine rings is 1. The normalized spacial score (nSPS) is 15.9. The van der Waals surface area contributed by atoms with Crippen LogP contribution in [-0.4, -0.2) is 35.8 Å². The minimum atomic E-state index is -0.0271. The Morgan fingerprint density at radius 2 is 1.66 bits per heavy atom. The van der Waals surface area contributed by atoms with Gasteiger partial charge in [0, 0.05) is 36.4 Å². The summed E-state index contributed by atoms with van der Waals surface area (Å²) < 4.78 is 10.7. The van der Waals surface area contributed by atoms with Crippen LogP contribution >= 0.6 is 12.2 Å². The van der Waals surface area contributed by atoms with Gasteiger partial charge >= 0.3 is 0 Å². The number of fused-ring (bicyclic) bond motifs is 1. The summed E-state index contributed by atoms with van der Waals surface area (Å²) in [5.41, 5.74) is 4.15. The van der Waals surface area contributed by atoms with E-state index in [2.05, 4.69) is 47.6 Å². The van der Waals surface area contributed by atoms with E-state index in [1.807, 2.05) is 12.1 Å². The smallest absolute Gasteiger partial charge is 0.231 e. The molecule has 29 heavy (non-hydrogen) atoms. The number of nitrogens with one attached hydrogen (secondary N) is 2. The molecule has 2 aromatic rings. The summed E-state index contributed by atoms with van der Waals surface area (Å²) in [5, 5.41) is 7.04. The number of likely N-dealkylation sites (tertiary alicyclic amines) is 1. The Morgan fingerprint density at radius 1 is 0.966 bits per heavy atom. The Kier molecular flexibility index (Phi) is 5.58. The number of carbonyl (C=O) groups excluding carboxylic acids is 1. The van der Waals surface area contributed by atoms with Crippen molar-refractivity contribution >= 4 is 34.6 Å². The zero-order valence-electron chi connectivity index (χ0n) is 16.7. The Morgan fingerprint density at radius 3 is 2.38 bits per heavy atom. The predicted molar refractivity (Wildman–Crippen MR) is 118 cm³/mol. The predicted octanol–water partition coefficient (Wildman–Crippen LogP) is 4.08. The summed E-state index contributed by atoms with van der Waals surface area (Å²) in [5.74, 6) is 1.39. The molecule has 1 fully saturated rings. The van der Waals surface area contributed by atoms with Crippen molar-refractivity contribution in [1.29, 1.82) is 0 Å². The number of rotatable bonds is 3. The van der Waals surface area contributed by atoms with Crippen molar-refractivity contribution in [2.24, 2.45) is 5.92 Å². The zero-order chi connectivity index (χ0) is 20.4. The molecule has 2 aliphatic rings. The van der Waals surface area contributed by atoms with E-state index in [9.17, 15) is 4.79 Å². The minimum Gasteiger partial charge on any atom is -0.454 e. The average molecular weight is 412 g/mol. The van der Waals surface area contributed by atoms with Gasteiger partial charge in [0.2, 0.25) is 12.7 Å². The molecule has 0 atom stereocenters. The van der Waals surface area contributed by atoms with Crippen molar-refractivity contribution in [3.63, 3.8) is 0 Å². The Balaban J connectivity index is 1.29. The first kappa shape index (κ1) is 19.5. The van der Waals surface area contributed by atoms with Gasteiger partial charge in [-0.15, -0.1) is 0 Å². The van der Waals surface area contributed by atoms with Gasteiger partial charge < -0.3 is 25.0 Å². The van der Waals surface area contributed by atoms with Crippen LogP contribution < -0.4 is 20.1 Å². The molecule has 0 saturated carbocycles. The van der Waals surface area contributed by atoms with E-state index < -0.39 is 0 Å². The van der Waals surface area contributed by atoms with Gasteiger partial charge in [-0.2, -0.15) is 0 Å². The first-order valence-electron chi connectivity index (χ1n) is 9.83. The van der Waals surface area contributed by atoms with Gasteiger partial charge in [0.25, 0.3) is 0 Å². The molecule has 4 rings (SSSR count). The molecule has 0 unspecified atom stereocenters. The Labute approximate surface area is 176 Å². The highest BCUT2D eigenvalue weighted by atomic mass is 32.1. The van der Waals surface area contributed by atoms with Crippen LogP contribution in [0.25, 0.3) is 0 Å². The van der Waals surface area contributed by atoms with Crippen LogP contribution in [0.4, 0.5) is 11.4 Å². The number of thiocarbonyl (C=S) groups is 1. The lowest BCUT2D eigenvalue weighted by atomic mass is 9.96. The van der Waals surface area contributed by atoms with Gasteiger partial charge in [-0.25, -0.2) is 0 Å². The maximum absolute atomic E-state index is 12.7. The van der Waals surface area contributed by atoms with Gasteiger partial charge in [0.1, 0.15) is 0 Å². The summed E-state index contributed by atoms with van der Waals surface area (Å²) in [7, 11) is 0. The molecular formula is C22H25N3O3S. The maximum Gasteiger partial charge on any atom is 0.231 e. The number of aryl methyl sites for hydroxylation is 2. The molecule has 0 bridgehead atoms. The van der Waals surface area contributed by atoms with Crippen molar-refractivity contribution in [2.45, 2.75) is 26.7 Å². The molecule has 2 aromatic carbocycles. The molecule has 2 heterocycles. The van der Waals surface area contributed by atoms with Crippen LogP contribution in [-0.2, 0) is 4.79 Å². The zero-order valence-corrected chi connectivity index (χ0v) is 17.5. The van der Waals surface area contributed by atoms with Crippen LogP contribution in [0.5, 0.6) is 11.5 Å². The average Bonchev–Trinajstić information content (AvgIpc) is 3.15.